The number of halogens is 1. The Morgan fingerprint density at radius 2 is 2.00 bits per heavy atom. The quantitative estimate of drug-likeness (QED) is 0.298. The van der Waals surface area contributed by atoms with Gasteiger partial charge in [0.1, 0.15) is 12.4 Å². The standard InChI is InChI=1S/C19H16INO/c1-3-10-22-19-9-6-15(12-18(19)20)11-17(13-21)16-7-4-14(2)5-8-16/h3-9,11-12H,1,10H2,2H3/b17-11-. The van der Waals surface area contributed by atoms with E-state index in [1.807, 2.05) is 55.5 Å². The van der Waals surface area contributed by atoms with Crippen molar-refractivity contribution in [2.24, 2.45) is 0 Å². The van der Waals surface area contributed by atoms with Crippen molar-refractivity contribution < 1.29 is 4.74 Å². The molecule has 3 heteroatoms. The predicted molar refractivity (Wildman–Crippen MR) is 99.5 cm³/mol. The number of allylic oxidation sites excluding steroid dienone is 1. The van der Waals surface area contributed by atoms with Crippen molar-refractivity contribution in [1.29, 1.82) is 5.26 Å². The maximum atomic E-state index is 9.39. The Morgan fingerprint density at radius 1 is 1.27 bits per heavy atom. The average Bonchev–Trinajstić information content (AvgIpc) is 2.53. The van der Waals surface area contributed by atoms with Crippen molar-refractivity contribution in [3.8, 4) is 11.8 Å². The molecule has 0 N–H and O–H groups in total. The summed E-state index contributed by atoms with van der Waals surface area (Å²) in [5, 5.41) is 9.39. The van der Waals surface area contributed by atoms with E-state index in [2.05, 4.69) is 35.2 Å². The van der Waals surface area contributed by atoms with Gasteiger partial charge < -0.3 is 4.74 Å². The molecule has 0 unspecified atom stereocenters. The van der Waals surface area contributed by atoms with Gasteiger partial charge in [-0.3, -0.25) is 0 Å². The molecule has 0 atom stereocenters. The van der Waals surface area contributed by atoms with Crippen LogP contribution in [0.3, 0.4) is 0 Å². The maximum absolute atomic E-state index is 9.39. The van der Waals surface area contributed by atoms with Gasteiger partial charge in [-0.15, -0.1) is 0 Å². The molecule has 0 aliphatic carbocycles. The molecule has 0 aliphatic rings. The van der Waals surface area contributed by atoms with E-state index in [1.165, 1.54) is 5.56 Å². The molecule has 0 aromatic heterocycles. The normalized spacial score (nSPS) is 10.9. The van der Waals surface area contributed by atoms with Crippen molar-refractivity contribution >= 4 is 34.2 Å². The predicted octanol–water partition coefficient (Wildman–Crippen LogP) is 5.23. The summed E-state index contributed by atoms with van der Waals surface area (Å²) in [7, 11) is 0. The third kappa shape index (κ3) is 4.22. The second-order valence-electron chi connectivity index (χ2n) is 4.83. The van der Waals surface area contributed by atoms with Gasteiger partial charge in [0.25, 0.3) is 0 Å². The van der Waals surface area contributed by atoms with Crippen molar-refractivity contribution in [1.82, 2.24) is 0 Å². The molecule has 110 valence electrons. The Bertz CT molecular complexity index is 739. The van der Waals surface area contributed by atoms with Crippen LogP contribution >= 0.6 is 22.6 Å². The lowest BCUT2D eigenvalue weighted by Gasteiger charge is -2.07. The Labute approximate surface area is 144 Å². The fourth-order valence-electron chi connectivity index (χ4n) is 1.95. The van der Waals surface area contributed by atoms with E-state index in [4.69, 9.17) is 4.74 Å². The molecule has 22 heavy (non-hydrogen) atoms. The zero-order chi connectivity index (χ0) is 15.9. The monoisotopic (exact) mass is 401 g/mol. The minimum absolute atomic E-state index is 0.484. The van der Waals surface area contributed by atoms with Crippen LogP contribution in [0.2, 0.25) is 0 Å². The molecule has 2 aromatic rings. The summed E-state index contributed by atoms with van der Waals surface area (Å²) in [6.45, 7) is 6.16. The first-order chi connectivity index (χ1) is 10.6. The van der Waals surface area contributed by atoms with Gasteiger partial charge in [-0.05, 0) is 58.9 Å². The molecule has 2 nitrogen and oxygen atoms in total. The fourth-order valence-corrected chi connectivity index (χ4v) is 2.65. The van der Waals surface area contributed by atoms with E-state index < -0.39 is 0 Å². The summed E-state index contributed by atoms with van der Waals surface area (Å²) in [5.74, 6) is 0.825. The minimum Gasteiger partial charge on any atom is -0.488 e. The molecule has 0 fully saturated rings. The Hall–Kier alpha value is -2.06. The number of aryl methyl sites for hydroxylation is 1. The summed E-state index contributed by atoms with van der Waals surface area (Å²) in [6, 6.07) is 16.1. The van der Waals surface area contributed by atoms with E-state index in [9.17, 15) is 5.26 Å². The molecular formula is C19H16INO. The Balaban J connectivity index is 2.30. The van der Waals surface area contributed by atoms with E-state index >= 15 is 0 Å². The van der Waals surface area contributed by atoms with Crippen LogP contribution < -0.4 is 4.74 Å². The molecule has 2 rings (SSSR count). The van der Waals surface area contributed by atoms with Crippen LogP contribution in [-0.4, -0.2) is 6.61 Å². The SMILES string of the molecule is C=CCOc1ccc(/C=C(/C#N)c2ccc(C)cc2)cc1I. The van der Waals surface area contributed by atoms with E-state index in [0.29, 0.717) is 12.2 Å². The molecule has 0 saturated carbocycles. The van der Waals surface area contributed by atoms with Gasteiger partial charge in [0.15, 0.2) is 0 Å². The zero-order valence-electron chi connectivity index (χ0n) is 12.3. The van der Waals surface area contributed by atoms with Crippen molar-refractivity contribution in [2.75, 3.05) is 6.61 Å². The van der Waals surface area contributed by atoms with Crippen LogP contribution in [0.5, 0.6) is 5.75 Å². The molecule has 0 spiro atoms. The molecule has 0 amide bonds. The zero-order valence-corrected chi connectivity index (χ0v) is 14.5. The smallest absolute Gasteiger partial charge is 0.133 e. The number of nitrogens with zero attached hydrogens (tertiary/aromatic N) is 1. The first-order valence-corrected chi connectivity index (χ1v) is 7.94. The summed E-state index contributed by atoms with van der Waals surface area (Å²) in [6.07, 6.45) is 3.61. The first kappa shape index (κ1) is 16.3. The number of rotatable bonds is 5. The molecule has 0 bridgehead atoms. The van der Waals surface area contributed by atoms with Crippen LogP contribution in [0.4, 0.5) is 0 Å². The molecule has 0 saturated heterocycles. The van der Waals surface area contributed by atoms with Gasteiger partial charge in [0.2, 0.25) is 0 Å². The van der Waals surface area contributed by atoms with Gasteiger partial charge in [-0.1, -0.05) is 48.6 Å². The van der Waals surface area contributed by atoms with Gasteiger partial charge in [-0.25, -0.2) is 0 Å². The Morgan fingerprint density at radius 3 is 2.59 bits per heavy atom. The number of hydrogen-bond donors (Lipinski definition) is 0. The van der Waals surface area contributed by atoms with Crippen LogP contribution in [-0.2, 0) is 0 Å². The molecule has 0 radical (unpaired) electrons. The number of hydrogen-bond acceptors (Lipinski definition) is 2. The molecule has 2 aromatic carbocycles. The van der Waals surface area contributed by atoms with Gasteiger partial charge in [0.05, 0.1) is 15.2 Å². The highest BCUT2D eigenvalue weighted by atomic mass is 127. The van der Waals surface area contributed by atoms with Gasteiger partial charge >= 0.3 is 0 Å². The van der Waals surface area contributed by atoms with Crippen molar-refractivity contribution in [3.63, 3.8) is 0 Å². The highest BCUT2D eigenvalue weighted by molar-refractivity contribution is 14.1. The van der Waals surface area contributed by atoms with Crippen molar-refractivity contribution in [2.45, 2.75) is 6.92 Å². The third-order valence-corrected chi connectivity index (χ3v) is 3.95. The first-order valence-electron chi connectivity index (χ1n) is 6.86. The van der Waals surface area contributed by atoms with Crippen LogP contribution in [0.25, 0.3) is 11.6 Å². The van der Waals surface area contributed by atoms with Crippen LogP contribution in [0.15, 0.2) is 55.1 Å². The van der Waals surface area contributed by atoms with Crippen molar-refractivity contribution in [3.05, 3.63) is 75.4 Å². The molecule has 0 heterocycles. The fraction of sp³-hybridized carbons (Fsp3) is 0.105. The lowest BCUT2D eigenvalue weighted by Crippen LogP contribution is -1.95. The number of ether oxygens (including phenoxy) is 1. The average molecular weight is 401 g/mol. The van der Waals surface area contributed by atoms with E-state index in [-0.39, 0.29) is 0 Å². The highest BCUT2D eigenvalue weighted by Crippen LogP contribution is 2.25. The molecule has 0 aliphatic heterocycles. The lowest BCUT2D eigenvalue weighted by atomic mass is 10.0. The summed E-state index contributed by atoms with van der Waals surface area (Å²) < 4.78 is 6.57. The Kier molecular flexibility index (Phi) is 5.79. The van der Waals surface area contributed by atoms with Crippen LogP contribution in [0.1, 0.15) is 16.7 Å². The third-order valence-electron chi connectivity index (χ3n) is 3.11. The number of benzene rings is 2. The number of nitriles is 1. The second kappa shape index (κ2) is 7.81. The minimum atomic E-state index is 0.484. The topological polar surface area (TPSA) is 33.0 Å². The largest absolute Gasteiger partial charge is 0.488 e. The van der Waals surface area contributed by atoms with E-state index in [1.54, 1.807) is 6.08 Å². The molecular weight excluding hydrogens is 385 g/mol. The van der Waals surface area contributed by atoms with Crippen LogP contribution in [0, 0.1) is 21.8 Å². The van der Waals surface area contributed by atoms with E-state index in [0.717, 1.165) is 20.4 Å². The lowest BCUT2D eigenvalue weighted by molar-refractivity contribution is 0.360. The highest BCUT2D eigenvalue weighted by Gasteiger charge is 2.04. The summed E-state index contributed by atoms with van der Waals surface area (Å²) in [4.78, 5) is 0. The summed E-state index contributed by atoms with van der Waals surface area (Å²) >= 11 is 2.23. The second-order valence-corrected chi connectivity index (χ2v) is 5.99. The van der Waals surface area contributed by atoms with Gasteiger partial charge in [0, 0.05) is 0 Å². The summed E-state index contributed by atoms with van der Waals surface area (Å²) in [5.41, 5.74) is 3.73. The van der Waals surface area contributed by atoms with Gasteiger partial charge in [-0.2, -0.15) is 5.26 Å². The maximum Gasteiger partial charge on any atom is 0.133 e.